The van der Waals surface area contributed by atoms with Crippen LogP contribution in [-0.2, 0) is 6.42 Å². The summed E-state index contributed by atoms with van der Waals surface area (Å²) in [6.45, 7) is 0. The minimum absolute atomic E-state index is 0.854. The second-order valence-electron chi connectivity index (χ2n) is 6.09. The largest absolute Gasteiger partial charge is 0.144 e. The summed E-state index contributed by atoms with van der Waals surface area (Å²) >= 11 is 1.85. The Kier molecular flexibility index (Phi) is 3.23. The van der Waals surface area contributed by atoms with Gasteiger partial charge in [-0.25, -0.2) is 0 Å². The predicted octanol–water partition coefficient (Wildman–Crippen LogP) is 5.93. The van der Waals surface area contributed by atoms with E-state index in [9.17, 15) is 0 Å². The van der Waals surface area contributed by atoms with Gasteiger partial charge in [-0.1, -0.05) is 55.2 Å². The summed E-state index contributed by atoms with van der Waals surface area (Å²) in [6.07, 6.45) is 10.8. The highest BCUT2D eigenvalue weighted by Gasteiger charge is 2.24. The van der Waals surface area contributed by atoms with Crippen LogP contribution in [0.15, 0.2) is 41.3 Å². The maximum atomic E-state index is 2.51. The summed E-state index contributed by atoms with van der Waals surface area (Å²) in [4.78, 5) is 1.41. The first-order chi connectivity index (χ1) is 9.92. The van der Waals surface area contributed by atoms with Crippen molar-refractivity contribution in [2.75, 3.05) is 0 Å². The molecule has 0 atom stereocenters. The van der Waals surface area contributed by atoms with Crippen LogP contribution in [0.25, 0.3) is 16.5 Å². The quantitative estimate of drug-likeness (QED) is 0.639. The Hall–Kier alpha value is -1.34. The zero-order valence-corrected chi connectivity index (χ0v) is 12.6. The summed E-state index contributed by atoms with van der Waals surface area (Å²) in [5.41, 5.74) is 6.17. The topological polar surface area (TPSA) is 0 Å². The monoisotopic (exact) mass is 280 g/mol. The third kappa shape index (κ3) is 2.14. The van der Waals surface area contributed by atoms with Crippen molar-refractivity contribution in [1.29, 1.82) is 0 Å². The Balaban J connectivity index is 1.71. The maximum absolute atomic E-state index is 2.51. The van der Waals surface area contributed by atoms with Gasteiger partial charge in [0.15, 0.2) is 0 Å². The molecule has 2 aliphatic rings. The van der Waals surface area contributed by atoms with Crippen molar-refractivity contribution in [3.8, 4) is 10.4 Å². The molecule has 1 heteroatoms. The minimum atomic E-state index is 0.854. The van der Waals surface area contributed by atoms with Gasteiger partial charge in [-0.3, -0.25) is 0 Å². The molecule has 1 aromatic carbocycles. The zero-order chi connectivity index (χ0) is 13.4. The number of hydrogen-bond acceptors (Lipinski definition) is 1. The van der Waals surface area contributed by atoms with E-state index in [4.69, 9.17) is 0 Å². The molecule has 2 aliphatic carbocycles. The fourth-order valence-corrected chi connectivity index (χ4v) is 4.54. The van der Waals surface area contributed by atoms with Gasteiger partial charge in [-0.15, -0.1) is 11.3 Å². The van der Waals surface area contributed by atoms with Crippen LogP contribution in [0, 0.1) is 5.92 Å². The number of hydrogen-bond donors (Lipinski definition) is 0. The van der Waals surface area contributed by atoms with Gasteiger partial charge in [0.1, 0.15) is 0 Å². The van der Waals surface area contributed by atoms with E-state index in [2.05, 4.69) is 41.8 Å². The van der Waals surface area contributed by atoms with Crippen molar-refractivity contribution in [3.05, 3.63) is 52.4 Å². The average Bonchev–Trinajstić information content (AvgIpc) is 3.17. The third-order valence-electron chi connectivity index (χ3n) is 4.84. The van der Waals surface area contributed by atoms with Crippen LogP contribution in [0.3, 0.4) is 0 Å². The first-order valence-electron chi connectivity index (χ1n) is 7.78. The molecule has 102 valence electrons. The molecule has 2 aromatic rings. The van der Waals surface area contributed by atoms with Crippen LogP contribution in [0.2, 0.25) is 0 Å². The number of allylic oxidation sites excluding steroid dienone is 1. The van der Waals surface area contributed by atoms with Crippen LogP contribution in [0.4, 0.5) is 0 Å². The van der Waals surface area contributed by atoms with Gasteiger partial charge in [-0.05, 0) is 53.3 Å². The molecule has 0 saturated heterocycles. The summed E-state index contributed by atoms with van der Waals surface area (Å²) < 4.78 is 0. The third-order valence-corrected chi connectivity index (χ3v) is 5.74. The van der Waals surface area contributed by atoms with E-state index < -0.39 is 0 Å². The van der Waals surface area contributed by atoms with E-state index in [1.165, 1.54) is 60.1 Å². The lowest BCUT2D eigenvalue weighted by Crippen LogP contribution is -2.08. The minimum Gasteiger partial charge on any atom is -0.144 e. The first-order valence-corrected chi connectivity index (χ1v) is 8.66. The van der Waals surface area contributed by atoms with E-state index in [0.717, 1.165) is 5.92 Å². The molecule has 0 bridgehead atoms. The molecular weight excluding hydrogens is 260 g/mol. The first kappa shape index (κ1) is 12.4. The Morgan fingerprint density at radius 3 is 2.65 bits per heavy atom. The maximum Gasteiger partial charge on any atom is 0.0348 e. The Morgan fingerprint density at radius 2 is 1.85 bits per heavy atom. The molecule has 1 saturated carbocycles. The highest BCUT2D eigenvalue weighted by atomic mass is 32.1. The van der Waals surface area contributed by atoms with Crippen LogP contribution >= 0.6 is 11.3 Å². The molecule has 20 heavy (non-hydrogen) atoms. The van der Waals surface area contributed by atoms with Gasteiger partial charge in [0.25, 0.3) is 0 Å². The Labute approximate surface area is 125 Å². The number of rotatable bonds is 2. The van der Waals surface area contributed by atoms with E-state index in [1.54, 1.807) is 5.57 Å². The van der Waals surface area contributed by atoms with Crippen LogP contribution < -0.4 is 0 Å². The van der Waals surface area contributed by atoms with Gasteiger partial charge in [0.2, 0.25) is 0 Å². The molecule has 0 nitrogen and oxygen atoms in total. The number of benzene rings is 1. The lowest BCUT2D eigenvalue weighted by molar-refractivity contribution is 0.401. The predicted molar refractivity (Wildman–Crippen MR) is 88.0 cm³/mol. The molecule has 0 spiro atoms. The summed E-state index contributed by atoms with van der Waals surface area (Å²) in [6, 6.07) is 11.2. The molecule has 0 amide bonds. The fraction of sp³-hybridized carbons (Fsp3) is 0.368. The van der Waals surface area contributed by atoms with Crippen molar-refractivity contribution in [3.63, 3.8) is 0 Å². The number of fused-ring (bicyclic) bond motifs is 1. The molecule has 0 aliphatic heterocycles. The lowest BCUT2D eigenvalue weighted by atomic mass is 9.83. The fourth-order valence-electron chi connectivity index (χ4n) is 3.78. The number of thiophene rings is 1. The normalized spacial score (nSPS) is 18.9. The van der Waals surface area contributed by atoms with E-state index in [0.29, 0.717) is 0 Å². The summed E-state index contributed by atoms with van der Waals surface area (Å²) in [5, 5.41) is 2.18. The van der Waals surface area contributed by atoms with Crippen molar-refractivity contribution < 1.29 is 0 Å². The van der Waals surface area contributed by atoms with Crippen molar-refractivity contribution in [2.24, 2.45) is 5.92 Å². The highest BCUT2D eigenvalue weighted by Crippen LogP contribution is 2.41. The molecule has 0 radical (unpaired) electrons. The van der Waals surface area contributed by atoms with Gasteiger partial charge in [0.05, 0.1) is 0 Å². The van der Waals surface area contributed by atoms with Crippen LogP contribution in [0.1, 0.15) is 43.2 Å². The van der Waals surface area contributed by atoms with E-state index >= 15 is 0 Å². The standard InChI is InChI=1S/C19H20S/c1-2-6-14(7-3-1)16-12-15-8-4-9-17(18(15)13-16)19-10-5-11-20-19/h4-5,8-11,13-14H,1-3,6-7,12H2. The second kappa shape index (κ2) is 5.21. The van der Waals surface area contributed by atoms with Gasteiger partial charge < -0.3 is 0 Å². The Morgan fingerprint density at radius 1 is 0.950 bits per heavy atom. The van der Waals surface area contributed by atoms with Crippen molar-refractivity contribution in [1.82, 2.24) is 0 Å². The average molecular weight is 280 g/mol. The van der Waals surface area contributed by atoms with Crippen molar-refractivity contribution in [2.45, 2.75) is 38.5 Å². The van der Waals surface area contributed by atoms with Crippen LogP contribution in [-0.4, -0.2) is 0 Å². The molecule has 1 fully saturated rings. The van der Waals surface area contributed by atoms with Gasteiger partial charge >= 0.3 is 0 Å². The summed E-state index contributed by atoms with van der Waals surface area (Å²) in [5.74, 6) is 0.854. The molecule has 0 N–H and O–H groups in total. The highest BCUT2D eigenvalue weighted by molar-refractivity contribution is 7.13. The van der Waals surface area contributed by atoms with E-state index in [-0.39, 0.29) is 0 Å². The molecular formula is C19H20S. The molecule has 1 heterocycles. The lowest BCUT2D eigenvalue weighted by Gasteiger charge is -2.22. The van der Waals surface area contributed by atoms with Crippen LogP contribution in [0.5, 0.6) is 0 Å². The SMILES string of the molecule is C1=C(C2CCCCC2)Cc2cccc(-c3cccs3)c21. The van der Waals surface area contributed by atoms with Gasteiger partial charge in [-0.2, -0.15) is 0 Å². The van der Waals surface area contributed by atoms with E-state index in [1.807, 2.05) is 11.3 Å². The second-order valence-corrected chi connectivity index (χ2v) is 7.03. The molecule has 1 aromatic heterocycles. The Bertz CT molecular complexity index is 628. The van der Waals surface area contributed by atoms with Crippen molar-refractivity contribution >= 4 is 17.4 Å². The smallest absolute Gasteiger partial charge is 0.0348 e. The molecule has 0 unspecified atom stereocenters. The van der Waals surface area contributed by atoms with Gasteiger partial charge in [0, 0.05) is 4.88 Å². The zero-order valence-electron chi connectivity index (χ0n) is 11.8. The molecule has 4 rings (SSSR count). The summed E-state index contributed by atoms with van der Waals surface area (Å²) in [7, 11) is 0.